The van der Waals surface area contributed by atoms with Crippen molar-refractivity contribution in [3.63, 3.8) is 0 Å². The van der Waals surface area contributed by atoms with Crippen LogP contribution < -0.4 is 10.2 Å². The standard InChI is InChI=1S/C21H21N7O7S2/c1-12-18(11-22)21(25-24-19-6-5-14(27(3)4)9-20(19)23-13(2)29)28(26-12)15-7-16(36-35-34-30)10-17(8-15)37(31,32)33/h5-10,30H,1-4H3,(H,23,29)(H,31,32,33). The van der Waals surface area contributed by atoms with Crippen LogP contribution in [0.15, 0.2) is 56.4 Å². The summed E-state index contributed by atoms with van der Waals surface area (Å²) in [4.78, 5) is 13.1. The van der Waals surface area contributed by atoms with Gasteiger partial charge in [-0.3, -0.25) is 9.35 Å². The Balaban J connectivity index is 2.18. The molecular formula is C21H21N7O7S2. The number of aryl methyl sites for hydroxylation is 1. The molecule has 0 saturated carbocycles. The highest BCUT2D eigenvalue weighted by Gasteiger charge is 2.20. The second-order valence-electron chi connectivity index (χ2n) is 7.65. The summed E-state index contributed by atoms with van der Waals surface area (Å²) in [5.41, 5.74) is 1.84. The predicted octanol–water partition coefficient (Wildman–Crippen LogP) is 4.17. The molecule has 0 aliphatic heterocycles. The number of benzene rings is 2. The Labute approximate surface area is 215 Å². The van der Waals surface area contributed by atoms with Crippen LogP contribution in [0, 0.1) is 18.3 Å². The predicted molar refractivity (Wildman–Crippen MR) is 133 cm³/mol. The van der Waals surface area contributed by atoms with Gasteiger partial charge < -0.3 is 10.2 Å². The first kappa shape index (κ1) is 27.7. The molecule has 0 unspecified atom stereocenters. The van der Waals surface area contributed by atoms with Gasteiger partial charge in [0.25, 0.3) is 10.1 Å². The number of hydrogen-bond donors (Lipinski definition) is 3. The summed E-state index contributed by atoms with van der Waals surface area (Å²) in [6, 6.07) is 10.6. The van der Waals surface area contributed by atoms with Crippen LogP contribution in [0.5, 0.6) is 0 Å². The summed E-state index contributed by atoms with van der Waals surface area (Å²) < 4.78 is 38.8. The molecule has 37 heavy (non-hydrogen) atoms. The molecule has 3 N–H and O–H groups in total. The van der Waals surface area contributed by atoms with Crippen molar-refractivity contribution in [1.82, 2.24) is 9.78 Å². The molecule has 0 spiro atoms. The van der Waals surface area contributed by atoms with Crippen molar-refractivity contribution in [1.29, 1.82) is 5.26 Å². The minimum atomic E-state index is -4.66. The third kappa shape index (κ3) is 6.68. The molecule has 1 aromatic heterocycles. The van der Waals surface area contributed by atoms with Gasteiger partial charge in [-0.15, -0.1) is 14.6 Å². The molecule has 0 saturated heterocycles. The van der Waals surface area contributed by atoms with Crippen LogP contribution in [-0.4, -0.2) is 48.0 Å². The van der Waals surface area contributed by atoms with Crippen LogP contribution in [-0.2, 0) is 24.3 Å². The number of nitrogens with zero attached hydrogens (tertiary/aromatic N) is 6. The minimum Gasteiger partial charge on any atom is -0.378 e. The monoisotopic (exact) mass is 547 g/mol. The molecule has 0 aliphatic carbocycles. The number of amides is 1. The number of nitriles is 1. The highest BCUT2D eigenvalue weighted by atomic mass is 32.2. The fraction of sp³-hybridized carbons (Fsp3) is 0.190. The molecule has 3 aromatic rings. The van der Waals surface area contributed by atoms with Gasteiger partial charge in [0.05, 0.1) is 34.0 Å². The molecule has 3 rings (SSSR count). The number of aromatic nitrogens is 2. The van der Waals surface area contributed by atoms with Crippen LogP contribution in [0.1, 0.15) is 18.2 Å². The van der Waals surface area contributed by atoms with Crippen molar-refractivity contribution in [2.75, 3.05) is 24.3 Å². The zero-order valence-corrected chi connectivity index (χ0v) is 21.5. The van der Waals surface area contributed by atoms with Gasteiger partial charge in [-0.25, -0.2) is 9.94 Å². The number of hydrogen-bond acceptors (Lipinski definition) is 12. The molecule has 0 radical (unpaired) electrons. The van der Waals surface area contributed by atoms with Gasteiger partial charge in [0.1, 0.15) is 17.3 Å². The number of nitrogens with one attached hydrogen (secondary N) is 1. The molecule has 0 fully saturated rings. The third-order valence-electron chi connectivity index (χ3n) is 4.78. The Morgan fingerprint density at radius 3 is 2.57 bits per heavy atom. The van der Waals surface area contributed by atoms with E-state index in [0.717, 1.165) is 22.5 Å². The van der Waals surface area contributed by atoms with Crippen LogP contribution in [0.4, 0.5) is 22.9 Å². The van der Waals surface area contributed by atoms with E-state index in [1.54, 1.807) is 25.1 Å². The Kier molecular flexibility index (Phi) is 8.60. The van der Waals surface area contributed by atoms with Gasteiger partial charge in [-0.1, -0.05) is 5.04 Å². The lowest BCUT2D eigenvalue weighted by molar-refractivity contribution is -0.432. The fourth-order valence-electron chi connectivity index (χ4n) is 3.13. The van der Waals surface area contributed by atoms with Crippen LogP contribution in [0.25, 0.3) is 5.69 Å². The quantitative estimate of drug-likeness (QED) is 0.114. The van der Waals surface area contributed by atoms with Gasteiger partial charge >= 0.3 is 0 Å². The summed E-state index contributed by atoms with van der Waals surface area (Å²) in [5.74, 6) is -0.375. The van der Waals surface area contributed by atoms with Crippen LogP contribution >= 0.6 is 12.0 Å². The van der Waals surface area contributed by atoms with E-state index in [1.807, 2.05) is 25.1 Å². The number of rotatable bonds is 9. The lowest BCUT2D eigenvalue weighted by atomic mass is 10.2. The Bertz CT molecular complexity index is 1510. The van der Waals surface area contributed by atoms with Crippen molar-refractivity contribution in [2.24, 2.45) is 10.2 Å². The van der Waals surface area contributed by atoms with E-state index in [1.165, 1.54) is 13.0 Å². The topological polar surface area (TPSA) is 192 Å². The van der Waals surface area contributed by atoms with E-state index in [4.69, 9.17) is 5.26 Å². The molecule has 0 bridgehead atoms. The second kappa shape index (κ2) is 11.5. The van der Waals surface area contributed by atoms with Gasteiger partial charge in [0, 0.05) is 31.6 Å². The molecule has 194 valence electrons. The van der Waals surface area contributed by atoms with Gasteiger partial charge in [-0.2, -0.15) is 18.8 Å². The van der Waals surface area contributed by atoms with E-state index in [2.05, 4.69) is 30.0 Å². The maximum Gasteiger partial charge on any atom is 0.294 e. The second-order valence-corrected chi connectivity index (χ2v) is 9.84. The highest BCUT2D eigenvalue weighted by Crippen LogP contribution is 2.34. The van der Waals surface area contributed by atoms with Crippen LogP contribution in [0.3, 0.4) is 0 Å². The first-order valence-electron chi connectivity index (χ1n) is 10.2. The molecule has 16 heteroatoms. The highest BCUT2D eigenvalue weighted by molar-refractivity contribution is 7.94. The Hall–Kier alpha value is -3.85. The first-order valence-corrected chi connectivity index (χ1v) is 12.4. The lowest BCUT2D eigenvalue weighted by Gasteiger charge is -2.15. The molecule has 0 aliphatic rings. The van der Waals surface area contributed by atoms with E-state index >= 15 is 0 Å². The van der Waals surface area contributed by atoms with E-state index in [-0.39, 0.29) is 39.3 Å². The molecule has 2 aromatic carbocycles. The molecular weight excluding hydrogens is 526 g/mol. The summed E-state index contributed by atoms with van der Waals surface area (Å²) in [6.45, 7) is 2.90. The minimum absolute atomic E-state index is 0.0479. The molecule has 1 amide bonds. The average molecular weight is 548 g/mol. The van der Waals surface area contributed by atoms with Gasteiger partial charge in [0.15, 0.2) is 5.82 Å². The van der Waals surface area contributed by atoms with Crippen molar-refractivity contribution in [2.45, 2.75) is 23.6 Å². The molecule has 14 nitrogen and oxygen atoms in total. The molecule has 1 heterocycles. The van der Waals surface area contributed by atoms with Crippen molar-refractivity contribution < 1.29 is 32.4 Å². The lowest BCUT2D eigenvalue weighted by Crippen LogP contribution is -2.10. The summed E-state index contributed by atoms with van der Waals surface area (Å²) in [6.07, 6.45) is 0. The Morgan fingerprint density at radius 1 is 1.24 bits per heavy atom. The normalized spacial score (nSPS) is 11.5. The van der Waals surface area contributed by atoms with Gasteiger partial charge in [0.2, 0.25) is 5.91 Å². The third-order valence-corrected chi connectivity index (χ3v) is 6.16. The first-order chi connectivity index (χ1) is 17.4. The van der Waals surface area contributed by atoms with Crippen molar-refractivity contribution in [3.05, 3.63) is 47.7 Å². The molecule has 0 atom stereocenters. The number of carbonyl (C=O) groups is 1. The zero-order valence-electron chi connectivity index (χ0n) is 19.9. The fourth-order valence-corrected chi connectivity index (χ4v) is 4.20. The smallest absolute Gasteiger partial charge is 0.294 e. The number of anilines is 2. The van der Waals surface area contributed by atoms with Gasteiger partial charge in [-0.05, 0) is 43.3 Å². The number of carbonyl (C=O) groups excluding carboxylic acids is 1. The SMILES string of the molecule is CC(=O)Nc1cc(N(C)C)ccc1N=Nc1c(C#N)c(C)nn1-c1cc(SOOO)cc(S(=O)(=O)O)c1. The maximum atomic E-state index is 11.8. The summed E-state index contributed by atoms with van der Waals surface area (Å²) in [5, 5.41) is 37.1. The average Bonchev–Trinajstić information content (AvgIpc) is 3.15. The van der Waals surface area contributed by atoms with E-state index in [9.17, 15) is 23.0 Å². The van der Waals surface area contributed by atoms with Crippen molar-refractivity contribution >= 4 is 50.9 Å². The largest absolute Gasteiger partial charge is 0.378 e. The number of azo groups is 1. The van der Waals surface area contributed by atoms with E-state index < -0.39 is 15.0 Å². The van der Waals surface area contributed by atoms with Crippen LogP contribution in [0.2, 0.25) is 0 Å². The summed E-state index contributed by atoms with van der Waals surface area (Å²) >= 11 is 0.451. The Morgan fingerprint density at radius 2 is 1.97 bits per heavy atom. The maximum absolute atomic E-state index is 11.8. The van der Waals surface area contributed by atoms with E-state index in [0.29, 0.717) is 17.7 Å². The van der Waals surface area contributed by atoms with Crippen molar-refractivity contribution in [3.8, 4) is 11.8 Å². The zero-order chi connectivity index (χ0) is 27.3. The summed E-state index contributed by atoms with van der Waals surface area (Å²) in [7, 11) is -0.997.